The number of carbonyl (C=O) groups excluding carboxylic acids is 1. The normalized spacial score (nSPS) is 13.8. The molecule has 6 nitrogen and oxygen atoms in total. The molecule has 0 saturated heterocycles. The van der Waals surface area contributed by atoms with Crippen LogP contribution in [-0.2, 0) is 11.3 Å². The van der Waals surface area contributed by atoms with Crippen molar-refractivity contribution < 1.29 is 14.3 Å². The summed E-state index contributed by atoms with van der Waals surface area (Å²) in [5, 5.41) is 3.44. The molecule has 134 valence electrons. The number of carbonyl (C=O) groups is 1. The minimum atomic E-state index is -0.259. The van der Waals surface area contributed by atoms with Crippen LogP contribution >= 0.6 is 11.8 Å². The molecule has 0 unspecified atom stereocenters. The molecule has 1 atom stereocenters. The van der Waals surface area contributed by atoms with Crippen molar-refractivity contribution in [2.45, 2.75) is 30.8 Å². The highest BCUT2D eigenvalue weighted by Gasteiger charge is 2.17. The van der Waals surface area contributed by atoms with Gasteiger partial charge in [-0.25, -0.2) is 4.98 Å². The number of nitrogens with zero attached hydrogens (tertiary/aromatic N) is 1. The van der Waals surface area contributed by atoms with Crippen molar-refractivity contribution in [1.29, 1.82) is 0 Å². The summed E-state index contributed by atoms with van der Waals surface area (Å²) in [7, 11) is 0. The van der Waals surface area contributed by atoms with Gasteiger partial charge >= 0.3 is 0 Å². The van der Waals surface area contributed by atoms with Crippen molar-refractivity contribution in [3.63, 3.8) is 0 Å². The number of aromatic nitrogens is 2. The lowest BCUT2D eigenvalue weighted by molar-refractivity contribution is -0.120. The lowest BCUT2D eigenvalue weighted by atomic mass is 10.2. The minimum Gasteiger partial charge on any atom is -0.454 e. The highest BCUT2D eigenvalue weighted by Crippen LogP contribution is 2.32. The standard InChI is InChI=1S/C19H19N3O3S/c1-11-3-5-14-15(7-11)22-19(21-14)26-12(2)18(23)20-9-13-4-6-16-17(8-13)25-10-24-16/h3-8,12H,9-10H2,1-2H3,(H,20,23)(H,21,22)/t12-/m1/s1. The molecule has 0 spiro atoms. The van der Waals surface area contributed by atoms with E-state index in [-0.39, 0.29) is 18.0 Å². The number of imidazole rings is 1. The monoisotopic (exact) mass is 369 g/mol. The fraction of sp³-hybridized carbons (Fsp3) is 0.263. The second-order valence-electron chi connectivity index (χ2n) is 6.23. The number of fused-ring (bicyclic) bond motifs is 2. The van der Waals surface area contributed by atoms with Crippen molar-refractivity contribution >= 4 is 28.7 Å². The molecule has 1 aromatic heterocycles. The van der Waals surface area contributed by atoms with E-state index in [2.05, 4.69) is 21.4 Å². The predicted octanol–water partition coefficient (Wildman–Crippen LogP) is 3.40. The van der Waals surface area contributed by atoms with Crippen LogP contribution in [0.5, 0.6) is 11.5 Å². The Morgan fingerprint density at radius 3 is 3.00 bits per heavy atom. The third-order valence-electron chi connectivity index (χ3n) is 4.18. The maximum atomic E-state index is 12.4. The smallest absolute Gasteiger partial charge is 0.233 e. The first-order chi connectivity index (χ1) is 12.6. The van der Waals surface area contributed by atoms with Crippen molar-refractivity contribution in [2.24, 2.45) is 0 Å². The van der Waals surface area contributed by atoms with Gasteiger partial charge in [-0.1, -0.05) is 23.9 Å². The Bertz CT molecular complexity index is 970. The first-order valence-electron chi connectivity index (χ1n) is 8.38. The summed E-state index contributed by atoms with van der Waals surface area (Å²) in [5.74, 6) is 1.42. The Morgan fingerprint density at radius 2 is 2.12 bits per heavy atom. The number of nitrogens with one attached hydrogen (secondary N) is 2. The molecule has 2 heterocycles. The number of aryl methyl sites for hydroxylation is 1. The first kappa shape index (κ1) is 16.8. The molecule has 4 rings (SSSR count). The predicted molar refractivity (Wildman–Crippen MR) is 101 cm³/mol. The molecule has 0 aliphatic carbocycles. The zero-order valence-electron chi connectivity index (χ0n) is 14.5. The van der Waals surface area contributed by atoms with E-state index in [4.69, 9.17) is 9.47 Å². The fourth-order valence-corrected chi connectivity index (χ4v) is 3.61. The van der Waals surface area contributed by atoms with E-state index in [0.717, 1.165) is 33.3 Å². The maximum Gasteiger partial charge on any atom is 0.233 e. The van der Waals surface area contributed by atoms with E-state index in [1.165, 1.54) is 17.3 Å². The Kier molecular flexibility index (Phi) is 4.46. The van der Waals surface area contributed by atoms with Crippen LogP contribution in [0.15, 0.2) is 41.6 Å². The van der Waals surface area contributed by atoms with Gasteiger partial charge in [0.15, 0.2) is 16.7 Å². The average Bonchev–Trinajstić information content (AvgIpc) is 3.24. The van der Waals surface area contributed by atoms with E-state index in [1.807, 2.05) is 44.2 Å². The number of rotatable bonds is 5. The molecule has 0 bridgehead atoms. The van der Waals surface area contributed by atoms with E-state index < -0.39 is 0 Å². The number of thioether (sulfide) groups is 1. The van der Waals surface area contributed by atoms with Gasteiger partial charge < -0.3 is 19.8 Å². The number of ether oxygens (including phenoxy) is 2. The van der Waals surface area contributed by atoms with Crippen molar-refractivity contribution in [3.05, 3.63) is 47.5 Å². The van der Waals surface area contributed by atoms with Gasteiger partial charge in [-0.2, -0.15) is 0 Å². The minimum absolute atomic E-state index is 0.0377. The summed E-state index contributed by atoms with van der Waals surface area (Å²) >= 11 is 1.42. The van der Waals surface area contributed by atoms with Crippen LogP contribution in [0.1, 0.15) is 18.1 Å². The van der Waals surface area contributed by atoms with E-state index in [1.54, 1.807) is 0 Å². The number of aromatic amines is 1. The average molecular weight is 369 g/mol. The molecule has 1 aliphatic rings. The molecular weight excluding hydrogens is 350 g/mol. The van der Waals surface area contributed by atoms with Crippen molar-refractivity contribution in [3.8, 4) is 11.5 Å². The van der Waals surface area contributed by atoms with Crippen LogP contribution in [-0.4, -0.2) is 27.9 Å². The lowest BCUT2D eigenvalue weighted by Gasteiger charge is -2.11. The molecule has 1 amide bonds. The Labute approximate surface area is 155 Å². The van der Waals surface area contributed by atoms with Crippen LogP contribution in [0.25, 0.3) is 11.0 Å². The van der Waals surface area contributed by atoms with Gasteiger partial charge in [0.2, 0.25) is 12.7 Å². The number of hydrogen-bond acceptors (Lipinski definition) is 5. The van der Waals surface area contributed by atoms with Gasteiger partial charge in [0, 0.05) is 6.54 Å². The second-order valence-corrected chi connectivity index (χ2v) is 7.56. The molecule has 2 N–H and O–H groups in total. The van der Waals surface area contributed by atoms with Crippen molar-refractivity contribution in [1.82, 2.24) is 15.3 Å². The van der Waals surface area contributed by atoms with Crippen LogP contribution in [0.4, 0.5) is 0 Å². The van der Waals surface area contributed by atoms with E-state index in [0.29, 0.717) is 6.54 Å². The molecule has 3 aromatic rings. The summed E-state index contributed by atoms with van der Waals surface area (Å²) in [4.78, 5) is 20.2. The maximum absolute atomic E-state index is 12.4. The number of H-pyrrole nitrogens is 1. The fourth-order valence-electron chi connectivity index (χ4n) is 2.76. The topological polar surface area (TPSA) is 76.2 Å². The second kappa shape index (κ2) is 6.92. The molecule has 0 radical (unpaired) electrons. The summed E-state index contributed by atoms with van der Waals surface area (Å²) in [6.45, 7) is 4.60. The highest BCUT2D eigenvalue weighted by atomic mass is 32.2. The molecule has 0 fully saturated rings. The van der Waals surface area contributed by atoms with Crippen molar-refractivity contribution in [2.75, 3.05) is 6.79 Å². The Balaban J connectivity index is 1.36. The number of hydrogen-bond donors (Lipinski definition) is 2. The zero-order chi connectivity index (χ0) is 18.1. The highest BCUT2D eigenvalue weighted by molar-refractivity contribution is 8.00. The molecule has 7 heteroatoms. The van der Waals surface area contributed by atoms with Gasteiger partial charge in [-0.3, -0.25) is 4.79 Å². The van der Waals surface area contributed by atoms with Gasteiger partial charge in [0.05, 0.1) is 16.3 Å². The van der Waals surface area contributed by atoms with Gasteiger partial charge in [0.25, 0.3) is 0 Å². The molecule has 0 saturated carbocycles. The largest absolute Gasteiger partial charge is 0.454 e. The number of amides is 1. The summed E-state index contributed by atoms with van der Waals surface area (Å²) < 4.78 is 10.7. The zero-order valence-corrected chi connectivity index (χ0v) is 15.4. The van der Waals surface area contributed by atoms with E-state index >= 15 is 0 Å². The van der Waals surface area contributed by atoms with Crippen LogP contribution in [0.3, 0.4) is 0 Å². The summed E-state index contributed by atoms with van der Waals surface area (Å²) in [6, 6.07) is 11.7. The molecular formula is C19H19N3O3S. The summed E-state index contributed by atoms with van der Waals surface area (Å²) in [6.07, 6.45) is 0. The van der Waals surface area contributed by atoms with Crippen LogP contribution < -0.4 is 14.8 Å². The quantitative estimate of drug-likeness (QED) is 0.674. The molecule has 2 aromatic carbocycles. The third kappa shape index (κ3) is 3.48. The SMILES string of the molecule is Cc1ccc2nc(S[C@H](C)C(=O)NCc3ccc4c(c3)OCO4)[nH]c2c1. The Hall–Kier alpha value is -2.67. The van der Waals surface area contributed by atoms with Crippen LogP contribution in [0, 0.1) is 6.92 Å². The molecule has 1 aliphatic heterocycles. The third-order valence-corrected chi connectivity index (χ3v) is 5.16. The Morgan fingerprint density at radius 1 is 1.27 bits per heavy atom. The van der Waals surface area contributed by atoms with Gasteiger partial charge in [0.1, 0.15) is 0 Å². The van der Waals surface area contributed by atoms with E-state index in [9.17, 15) is 4.79 Å². The first-order valence-corrected chi connectivity index (χ1v) is 9.26. The van der Waals surface area contributed by atoms with Crippen LogP contribution in [0.2, 0.25) is 0 Å². The van der Waals surface area contributed by atoms with Gasteiger partial charge in [-0.05, 0) is 49.2 Å². The lowest BCUT2D eigenvalue weighted by Crippen LogP contribution is -2.30. The van der Waals surface area contributed by atoms with Gasteiger partial charge in [-0.15, -0.1) is 0 Å². The number of benzene rings is 2. The summed E-state index contributed by atoms with van der Waals surface area (Å²) in [5.41, 5.74) is 4.04. The molecule has 26 heavy (non-hydrogen) atoms.